The van der Waals surface area contributed by atoms with Gasteiger partial charge in [0.25, 0.3) is 0 Å². The van der Waals surface area contributed by atoms with E-state index in [9.17, 15) is 9.18 Å². The fourth-order valence-electron chi connectivity index (χ4n) is 4.24. The summed E-state index contributed by atoms with van der Waals surface area (Å²) in [5.74, 6) is 0.557. The largest absolute Gasteiger partial charge is 0.496 e. The molecule has 2 aromatic heterocycles. The number of ether oxygens (including phenoxy) is 3. The molecule has 34 heavy (non-hydrogen) atoms. The normalized spacial score (nSPS) is 13.1. The zero-order chi connectivity index (χ0) is 23.7. The molecule has 0 aliphatic carbocycles. The summed E-state index contributed by atoms with van der Waals surface area (Å²) in [5, 5.41) is 4.56. The second-order valence-electron chi connectivity index (χ2n) is 8.07. The molecule has 0 spiro atoms. The Morgan fingerprint density at radius 1 is 1.21 bits per heavy atom. The van der Waals surface area contributed by atoms with Gasteiger partial charge in [-0.3, -0.25) is 9.48 Å². The maximum Gasteiger partial charge on any atom is 0.312 e. The SMILES string of the molecule is CCn1nc(-c2ccc(F)cc2OC)cc1CC(=O)OCc1ccc2c(c1)nc1n2CCOC1. The average Bonchev–Trinajstić information content (AvgIpc) is 3.43. The molecule has 0 amide bonds. The minimum Gasteiger partial charge on any atom is -0.496 e. The number of benzene rings is 2. The van der Waals surface area contributed by atoms with Gasteiger partial charge in [0.2, 0.25) is 0 Å². The van der Waals surface area contributed by atoms with Crippen LogP contribution in [0.5, 0.6) is 5.75 Å². The van der Waals surface area contributed by atoms with Crippen molar-refractivity contribution in [2.45, 2.75) is 39.6 Å². The lowest BCUT2D eigenvalue weighted by Gasteiger charge is -2.14. The Morgan fingerprint density at radius 2 is 2.09 bits per heavy atom. The zero-order valence-electron chi connectivity index (χ0n) is 19.1. The summed E-state index contributed by atoms with van der Waals surface area (Å²) >= 11 is 0. The highest BCUT2D eigenvalue weighted by molar-refractivity contribution is 5.77. The number of methoxy groups -OCH3 is 1. The number of carbonyl (C=O) groups is 1. The van der Waals surface area contributed by atoms with Crippen LogP contribution in [0.4, 0.5) is 4.39 Å². The highest BCUT2D eigenvalue weighted by atomic mass is 19.1. The molecule has 0 unspecified atom stereocenters. The first kappa shape index (κ1) is 22.1. The monoisotopic (exact) mass is 464 g/mol. The summed E-state index contributed by atoms with van der Waals surface area (Å²) in [6.07, 6.45) is 0.0721. The highest BCUT2D eigenvalue weighted by Gasteiger charge is 2.18. The van der Waals surface area contributed by atoms with Crippen LogP contribution in [0.15, 0.2) is 42.5 Å². The van der Waals surface area contributed by atoms with E-state index in [2.05, 4.69) is 14.6 Å². The van der Waals surface area contributed by atoms with Gasteiger partial charge in [0, 0.05) is 24.7 Å². The average molecular weight is 464 g/mol. The van der Waals surface area contributed by atoms with Crippen LogP contribution in [0, 0.1) is 5.82 Å². The van der Waals surface area contributed by atoms with Gasteiger partial charge in [-0.15, -0.1) is 0 Å². The summed E-state index contributed by atoms with van der Waals surface area (Å²) in [6, 6.07) is 12.0. The Kier molecular flexibility index (Phi) is 6.02. The molecular formula is C25H25FN4O4. The number of hydrogen-bond donors (Lipinski definition) is 0. The highest BCUT2D eigenvalue weighted by Crippen LogP contribution is 2.30. The number of rotatable bonds is 7. The quantitative estimate of drug-likeness (QED) is 0.386. The fraction of sp³-hybridized carbons (Fsp3) is 0.320. The number of esters is 1. The third kappa shape index (κ3) is 4.26. The van der Waals surface area contributed by atoms with Crippen LogP contribution in [0.3, 0.4) is 0 Å². The van der Waals surface area contributed by atoms with Crippen LogP contribution < -0.4 is 4.74 Å². The van der Waals surface area contributed by atoms with Crippen LogP contribution in [-0.4, -0.2) is 39.0 Å². The van der Waals surface area contributed by atoms with E-state index in [0.717, 1.165) is 29.0 Å². The maximum absolute atomic E-state index is 13.6. The number of fused-ring (bicyclic) bond motifs is 3. The standard InChI is InChI=1S/C25H25FN4O4/c1-3-30-18(12-20(28-30)19-6-5-17(26)11-23(19)32-2)13-25(31)34-14-16-4-7-22-21(10-16)27-24-15-33-9-8-29(22)24/h4-7,10-12H,3,8-9,13-15H2,1-2H3. The number of hydrogen-bond acceptors (Lipinski definition) is 6. The molecule has 0 bridgehead atoms. The van der Waals surface area contributed by atoms with Crippen LogP contribution in [0.2, 0.25) is 0 Å². The molecule has 176 valence electrons. The lowest BCUT2D eigenvalue weighted by atomic mass is 10.1. The van der Waals surface area contributed by atoms with Gasteiger partial charge in [-0.1, -0.05) is 6.07 Å². The first-order valence-corrected chi connectivity index (χ1v) is 11.2. The van der Waals surface area contributed by atoms with Crippen molar-refractivity contribution in [1.82, 2.24) is 19.3 Å². The molecule has 0 N–H and O–H groups in total. The fourth-order valence-corrected chi connectivity index (χ4v) is 4.24. The van der Waals surface area contributed by atoms with E-state index in [1.165, 1.54) is 19.2 Å². The van der Waals surface area contributed by atoms with Gasteiger partial charge >= 0.3 is 5.97 Å². The van der Waals surface area contributed by atoms with Crippen molar-refractivity contribution in [1.29, 1.82) is 0 Å². The zero-order valence-corrected chi connectivity index (χ0v) is 19.1. The Bertz CT molecular complexity index is 1360. The van der Waals surface area contributed by atoms with Crippen LogP contribution in [0.25, 0.3) is 22.3 Å². The Hall–Kier alpha value is -3.72. The first-order valence-electron chi connectivity index (χ1n) is 11.2. The number of halogens is 1. The van der Waals surface area contributed by atoms with Crippen molar-refractivity contribution in [2.75, 3.05) is 13.7 Å². The molecule has 0 saturated heterocycles. The van der Waals surface area contributed by atoms with E-state index in [1.54, 1.807) is 10.7 Å². The minimum absolute atomic E-state index is 0.0721. The second kappa shape index (κ2) is 9.26. The molecule has 0 fully saturated rings. The molecule has 0 radical (unpaired) electrons. The molecular weight excluding hydrogens is 439 g/mol. The molecule has 0 atom stereocenters. The van der Waals surface area contributed by atoms with Crippen molar-refractivity contribution < 1.29 is 23.4 Å². The van der Waals surface area contributed by atoms with Crippen LogP contribution in [-0.2, 0) is 47.0 Å². The summed E-state index contributed by atoms with van der Waals surface area (Å²) in [5.41, 5.74) is 4.79. The predicted octanol–water partition coefficient (Wildman–Crippen LogP) is 3.88. The maximum atomic E-state index is 13.6. The molecule has 1 aliphatic rings. The van der Waals surface area contributed by atoms with Crippen molar-refractivity contribution in [3.63, 3.8) is 0 Å². The van der Waals surface area contributed by atoms with Crippen molar-refractivity contribution in [3.05, 3.63) is 65.4 Å². The summed E-state index contributed by atoms with van der Waals surface area (Å²) in [4.78, 5) is 17.3. The van der Waals surface area contributed by atoms with E-state index >= 15 is 0 Å². The van der Waals surface area contributed by atoms with Gasteiger partial charge in [-0.2, -0.15) is 5.10 Å². The molecule has 0 saturated carbocycles. The predicted molar refractivity (Wildman–Crippen MR) is 123 cm³/mol. The third-order valence-corrected chi connectivity index (χ3v) is 5.91. The van der Waals surface area contributed by atoms with Crippen LogP contribution in [0.1, 0.15) is 24.0 Å². The molecule has 9 heteroatoms. The second-order valence-corrected chi connectivity index (χ2v) is 8.07. The summed E-state index contributed by atoms with van der Waals surface area (Å²) in [7, 11) is 1.48. The van der Waals surface area contributed by atoms with Crippen molar-refractivity contribution in [3.8, 4) is 17.0 Å². The van der Waals surface area contributed by atoms with Crippen molar-refractivity contribution in [2.24, 2.45) is 0 Å². The lowest BCUT2D eigenvalue weighted by molar-refractivity contribution is -0.144. The van der Waals surface area contributed by atoms with E-state index in [1.807, 2.05) is 31.2 Å². The number of imidazole rings is 1. The molecule has 4 aromatic rings. The number of aryl methyl sites for hydroxylation is 1. The molecule has 3 heterocycles. The number of nitrogens with zero attached hydrogens (tertiary/aromatic N) is 4. The molecule has 8 nitrogen and oxygen atoms in total. The van der Waals surface area contributed by atoms with Crippen molar-refractivity contribution >= 4 is 17.0 Å². The topological polar surface area (TPSA) is 80.4 Å². The minimum atomic E-state index is -0.387. The molecule has 5 rings (SSSR count). The van der Waals surface area contributed by atoms with Gasteiger partial charge in [0.05, 0.1) is 42.6 Å². The smallest absolute Gasteiger partial charge is 0.312 e. The Balaban J connectivity index is 1.28. The van der Waals surface area contributed by atoms with E-state index < -0.39 is 0 Å². The van der Waals surface area contributed by atoms with Gasteiger partial charge in [-0.25, -0.2) is 9.37 Å². The van der Waals surface area contributed by atoms with E-state index in [0.29, 0.717) is 42.5 Å². The molecule has 2 aromatic carbocycles. The molecule has 1 aliphatic heterocycles. The van der Waals surface area contributed by atoms with Gasteiger partial charge in [0.1, 0.15) is 30.6 Å². The Morgan fingerprint density at radius 3 is 2.91 bits per heavy atom. The summed E-state index contributed by atoms with van der Waals surface area (Å²) < 4.78 is 33.8. The van der Waals surface area contributed by atoms with E-state index in [4.69, 9.17) is 14.2 Å². The first-order chi connectivity index (χ1) is 16.6. The number of carbonyl (C=O) groups excluding carboxylic acids is 1. The van der Waals surface area contributed by atoms with Gasteiger partial charge < -0.3 is 18.8 Å². The van der Waals surface area contributed by atoms with Gasteiger partial charge in [0.15, 0.2) is 0 Å². The van der Waals surface area contributed by atoms with Crippen LogP contribution >= 0.6 is 0 Å². The summed E-state index contributed by atoms with van der Waals surface area (Å²) in [6.45, 7) is 4.66. The Labute approximate surface area is 195 Å². The third-order valence-electron chi connectivity index (χ3n) is 5.91. The lowest BCUT2D eigenvalue weighted by Crippen LogP contribution is -2.16. The van der Waals surface area contributed by atoms with E-state index in [-0.39, 0.29) is 24.8 Å². The van der Waals surface area contributed by atoms with Gasteiger partial charge in [-0.05, 0) is 42.8 Å². The number of aromatic nitrogens is 4.